The maximum Gasteiger partial charge on any atom is 0.328 e. The third kappa shape index (κ3) is 3.30. The summed E-state index contributed by atoms with van der Waals surface area (Å²) in [6.07, 6.45) is 3.81. The highest BCUT2D eigenvalue weighted by Gasteiger charge is 2.27. The van der Waals surface area contributed by atoms with E-state index in [9.17, 15) is 13.2 Å². The van der Waals surface area contributed by atoms with Gasteiger partial charge in [0.2, 0.25) is 10.0 Å². The molecule has 28 heavy (non-hydrogen) atoms. The summed E-state index contributed by atoms with van der Waals surface area (Å²) in [5.74, 6) is 0.755. The van der Waals surface area contributed by atoms with Crippen LogP contribution in [0.15, 0.2) is 50.7 Å². The van der Waals surface area contributed by atoms with E-state index in [2.05, 4.69) is 9.62 Å². The molecule has 0 aliphatic carbocycles. The highest BCUT2D eigenvalue weighted by atomic mass is 32.2. The van der Waals surface area contributed by atoms with E-state index >= 15 is 0 Å². The summed E-state index contributed by atoms with van der Waals surface area (Å²) in [6.45, 7) is 2.07. The summed E-state index contributed by atoms with van der Waals surface area (Å²) in [7, 11) is -0.429. The van der Waals surface area contributed by atoms with Crippen LogP contribution in [0.2, 0.25) is 0 Å². The number of sulfonamides is 1. The van der Waals surface area contributed by atoms with E-state index in [1.165, 1.54) is 21.3 Å². The topological polar surface area (TPSA) is 89.5 Å². The quantitative estimate of drug-likeness (QED) is 0.674. The summed E-state index contributed by atoms with van der Waals surface area (Å²) in [5, 5.41) is 0. The van der Waals surface area contributed by atoms with Gasteiger partial charge in [0.25, 0.3) is 0 Å². The number of aryl methyl sites for hydroxylation is 2. The Morgan fingerprint density at radius 2 is 1.82 bits per heavy atom. The number of hydrogen-bond donors (Lipinski definition) is 1. The lowest BCUT2D eigenvalue weighted by Crippen LogP contribution is -2.36. The fourth-order valence-corrected chi connectivity index (χ4v) is 4.93. The zero-order valence-corrected chi connectivity index (χ0v) is 16.8. The molecule has 3 heterocycles. The molecule has 3 aromatic rings. The van der Waals surface area contributed by atoms with E-state index in [4.69, 9.17) is 4.42 Å². The molecule has 1 atom stereocenters. The minimum absolute atomic E-state index is 0.140. The molecule has 0 bridgehead atoms. The van der Waals surface area contributed by atoms with Gasteiger partial charge in [0.05, 0.1) is 28.2 Å². The first kappa shape index (κ1) is 19.0. The molecule has 150 valence electrons. The molecule has 1 N–H and O–H groups in total. The standard InChI is InChI=1S/C19H24N4O4S/c1-21-15-8-7-14(12-16(15)22(2)19(21)24)28(25,26)20-13-17(18-6-5-11-27-18)23-9-3-4-10-23/h5-8,11-12,17,20H,3-4,9-10,13H2,1-2H3/t17-/m0/s1. The Hall–Kier alpha value is -2.36. The molecular formula is C19H24N4O4S. The Morgan fingerprint density at radius 1 is 1.11 bits per heavy atom. The minimum atomic E-state index is -3.73. The van der Waals surface area contributed by atoms with Gasteiger partial charge in [-0.25, -0.2) is 17.9 Å². The van der Waals surface area contributed by atoms with Crippen molar-refractivity contribution in [2.45, 2.75) is 23.8 Å². The third-order valence-electron chi connectivity index (χ3n) is 5.47. The summed E-state index contributed by atoms with van der Waals surface area (Å²) >= 11 is 0. The Morgan fingerprint density at radius 3 is 2.50 bits per heavy atom. The van der Waals surface area contributed by atoms with Crippen LogP contribution < -0.4 is 10.4 Å². The lowest BCUT2D eigenvalue weighted by atomic mass is 10.2. The van der Waals surface area contributed by atoms with Gasteiger partial charge in [-0.1, -0.05) is 0 Å². The largest absolute Gasteiger partial charge is 0.468 e. The molecular weight excluding hydrogens is 380 g/mol. The Kier molecular flexibility index (Phi) is 4.90. The molecule has 1 aliphatic rings. The molecule has 1 saturated heterocycles. The monoisotopic (exact) mass is 404 g/mol. The molecule has 9 heteroatoms. The number of nitrogens with one attached hydrogen (secondary N) is 1. The zero-order chi connectivity index (χ0) is 19.9. The second-order valence-corrected chi connectivity index (χ2v) is 8.94. The number of nitrogens with zero attached hydrogens (tertiary/aromatic N) is 3. The minimum Gasteiger partial charge on any atom is -0.468 e. The highest BCUT2D eigenvalue weighted by molar-refractivity contribution is 7.89. The number of benzene rings is 1. The number of aromatic nitrogens is 2. The van der Waals surface area contributed by atoms with E-state index in [-0.39, 0.29) is 23.2 Å². The fraction of sp³-hybridized carbons (Fsp3) is 0.421. The van der Waals surface area contributed by atoms with E-state index < -0.39 is 10.0 Å². The molecule has 0 radical (unpaired) electrons. The maximum absolute atomic E-state index is 12.9. The van der Waals surface area contributed by atoms with Crippen LogP contribution in [-0.4, -0.2) is 42.1 Å². The van der Waals surface area contributed by atoms with Gasteiger partial charge >= 0.3 is 5.69 Å². The van der Waals surface area contributed by atoms with E-state index in [1.54, 1.807) is 26.4 Å². The SMILES string of the molecule is Cn1c(=O)n(C)c2cc(S(=O)(=O)NC[C@@H](c3ccco3)N3CCCC3)ccc21. The van der Waals surface area contributed by atoms with E-state index in [1.807, 2.05) is 12.1 Å². The summed E-state index contributed by atoms with van der Waals surface area (Å²) < 4.78 is 37.0. The third-order valence-corrected chi connectivity index (χ3v) is 6.89. The number of fused-ring (bicyclic) bond motifs is 1. The second-order valence-electron chi connectivity index (χ2n) is 7.18. The Labute approximate surface area is 163 Å². The maximum atomic E-state index is 12.9. The molecule has 0 amide bonds. The molecule has 1 aromatic carbocycles. The van der Waals surface area contributed by atoms with Crippen molar-refractivity contribution < 1.29 is 12.8 Å². The summed E-state index contributed by atoms with van der Waals surface area (Å²) in [4.78, 5) is 14.5. The number of likely N-dealkylation sites (tertiary alicyclic amines) is 1. The molecule has 0 spiro atoms. The average molecular weight is 404 g/mol. The number of imidazole rings is 1. The fourth-order valence-electron chi connectivity index (χ4n) is 3.87. The van der Waals surface area contributed by atoms with Crippen molar-refractivity contribution in [2.75, 3.05) is 19.6 Å². The van der Waals surface area contributed by atoms with Crippen LogP contribution in [0.25, 0.3) is 11.0 Å². The number of furan rings is 1. The normalized spacial score (nSPS) is 16.8. The van der Waals surface area contributed by atoms with E-state index in [0.29, 0.717) is 11.0 Å². The van der Waals surface area contributed by atoms with Crippen molar-refractivity contribution in [2.24, 2.45) is 14.1 Å². The first-order chi connectivity index (χ1) is 13.4. The highest BCUT2D eigenvalue weighted by Crippen LogP contribution is 2.26. The predicted octanol–water partition coefficient (Wildman–Crippen LogP) is 1.59. The molecule has 1 fully saturated rings. The van der Waals surface area contributed by atoms with Crippen molar-refractivity contribution in [3.05, 3.63) is 52.8 Å². The van der Waals surface area contributed by atoms with Gasteiger partial charge < -0.3 is 4.42 Å². The van der Waals surface area contributed by atoms with Crippen LogP contribution in [0.1, 0.15) is 24.6 Å². The van der Waals surface area contributed by atoms with Crippen molar-refractivity contribution in [1.29, 1.82) is 0 Å². The van der Waals surface area contributed by atoms with Crippen LogP contribution in [-0.2, 0) is 24.1 Å². The molecule has 2 aromatic heterocycles. The van der Waals surface area contributed by atoms with Crippen molar-refractivity contribution in [3.8, 4) is 0 Å². The van der Waals surface area contributed by atoms with Gasteiger partial charge in [0.15, 0.2) is 0 Å². The van der Waals surface area contributed by atoms with Gasteiger partial charge in [-0.3, -0.25) is 14.0 Å². The number of hydrogen-bond acceptors (Lipinski definition) is 5. The smallest absolute Gasteiger partial charge is 0.328 e. The van der Waals surface area contributed by atoms with Crippen molar-refractivity contribution in [3.63, 3.8) is 0 Å². The van der Waals surface area contributed by atoms with Crippen LogP contribution >= 0.6 is 0 Å². The zero-order valence-electron chi connectivity index (χ0n) is 16.0. The van der Waals surface area contributed by atoms with Gasteiger partial charge in [0, 0.05) is 20.6 Å². The molecule has 1 aliphatic heterocycles. The Balaban J connectivity index is 1.60. The van der Waals surface area contributed by atoms with Crippen LogP contribution in [0.4, 0.5) is 0 Å². The first-order valence-electron chi connectivity index (χ1n) is 9.31. The van der Waals surface area contributed by atoms with Gasteiger partial charge in [-0.05, 0) is 56.3 Å². The van der Waals surface area contributed by atoms with Crippen LogP contribution in [0, 0.1) is 0 Å². The second kappa shape index (κ2) is 7.23. The Bertz CT molecular complexity index is 1140. The van der Waals surface area contributed by atoms with Crippen molar-refractivity contribution in [1.82, 2.24) is 18.8 Å². The van der Waals surface area contributed by atoms with E-state index in [0.717, 1.165) is 31.7 Å². The van der Waals surface area contributed by atoms with Crippen LogP contribution in [0.5, 0.6) is 0 Å². The summed E-state index contributed by atoms with van der Waals surface area (Å²) in [6, 6.07) is 8.28. The molecule has 0 saturated carbocycles. The predicted molar refractivity (Wildman–Crippen MR) is 106 cm³/mol. The molecule has 8 nitrogen and oxygen atoms in total. The average Bonchev–Trinajstić information content (AvgIpc) is 3.43. The first-order valence-corrected chi connectivity index (χ1v) is 10.8. The van der Waals surface area contributed by atoms with Gasteiger partial charge in [-0.15, -0.1) is 0 Å². The summed E-state index contributed by atoms with van der Waals surface area (Å²) in [5.41, 5.74) is 1.08. The van der Waals surface area contributed by atoms with Gasteiger partial charge in [-0.2, -0.15) is 0 Å². The molecule has 4 rings (SSSR count). The van der Waals surface area contributed by atoms with Crippen LogP contribution in [0.3, 0.4) is 0 Å². The lowest BCUT2D eigenvalue weighted by Gasteiger charge is -2.26. The lowest BCUT2D eigenvalue weighted by molar-refractivity contribution is 0.216. The van der Waals surface area contributed by atoms with Gasteiger partial charge in [0.1, 0.15) is 5.76 Å². The van der Waals surface area contributed by atoms with Crippen molar-refractivity contribution >= 4 is 21.1 Å². The molecule has 0 unspecified atom stereocenters. The number of rotatable bonds is 6.